The first-order valence-corrected chi connectivity index (χ1v) is 8.77. The molecule has 0 N–H and O–H groups in total. The Morgan fingerprint density at radius 3 is 2.10 bits per heavy atom. The lowest BCUT2D eigenvalue weighted by Crippen LogP contribution is -2.28. The van der Waals surface area contributed by atoms with Crippen LogP contribution in [-0.4, -0.2) is 9.52 Å². The van der Waals surface area contributed by atoms with Crippen LogP contribution >= 0.6 is 12.6 Å². The molecule has 3 rings (SSSR count). The van der Waals surface area contributed by atoms with Gasteiger partial charge in [-0.15, -0.1) is 12.6 Å². The van der Waals surface area contributed by atoms with Crippen LogP contribution in [0.3, 0.4) is 0 Å². The van der Waals surface area contributed by atoms with Crippen LogP contribution in [0, 0.1) is 0 Å². The highest BCUT2D eigenvalue weighted by molar-refractivity contribution is 7.80. The molecule has 21 heavy (non-hydrogen) atoms. The van der Waals surface area contributed by atoms with Crippen LogP contribution < -0.4 is 15.1 Å². The van der Waals surface area contributed by atoms with Crippen molar-refractivity contribution in [3.8, 4) is 11.5 Å². The number of hydrogen-bond donors (Lipinski definition) is 1. The van der Waals surface area contributed by atoms with E-state index in [9.17, 15) is 0 Å². The average molecular weight is 308 g/mol. The van der Waals surface area contributed by atoms with Gasteiger partial charge in [0.05, 0.1) is 9.52 Å². The van der Waals surface area contributed by atoms with E-state index in [0.717, 1.165) is 16.4 Å². The van der Waals surface area contributed by atoms with E-state index in [4.69, 9.17) is 4.74 Å². The first-order valence-electron chi connectivity index (χ1n) is 6.90. The van der Waals surface area contributed by atoms with E-state index in [1.807, 2.05) is 48.5 Å². The molecule has 3 aromatic carbocycles. The summed E-state index contributed by atoms with van der Waals surface area (Å²) < 4.78 is 6.07. The number of rotatable bonds is 4. The van der Waals surface area contributed by atoms with Crippen LogP contribution in [0.5, 0.6) is 11.5 Å². The quantitative estimate of drug-likeness (QED) is 0.576. The van der Waals surface area contributed by atoms with Gasteiger partial charge in [-0.2, -0.15) is 0 Å². The van der Waals surface area contributed by atoms with Gasteiger partial charge in [-0.25, -0.2) is 0 Å². The van der Waals surface area contributed by atoms with Gasteiger partial charge in [0, 0.05) is 4.90 Å². The fourth-order valence-corrected chi connectivity index (χ4v) is 4.30. The molecule has 0 aromatic heterocycles. The van der Waals surface area contributed by atoms with Gasteiger partial charge in [0.15, 0.2) is 0 Å². The minimum Gasteiger partial charge on any atom is -0.456 e. The zero-order valence-electron chi connectivity index (χ0n) is 11.6. The van der Waals surface area contributed by atoms with Crippen molar-refractivity contribution in [2.75, 3.05) is 0 Å². The summed E-state index contributed by atoms with van der Waals surface area (Å²) in [5, 5.41) is 2.67. The van der Waals surface area contributed by atoms with Crippen LogP contribution in [0.25, 0.3) is 0 Å². The number of hydrogen-bond acceptors (Lipinski definition) is 2. The molecule has 0 atom stereocenters. The monoisotopic (exact) mass is 308 g/mol. The maximum absolute atomic E-state index is 6.07. The topological polar surface area (TPSA) is 9.23 Å². The lowest BCUT2D eigenvalue weighted by atomic mass is 10.3. The Balaban J connectivity index is 1.92. The van der Waals surface area contributed by atoms with Gasteiger partial charge in [-0.05, 0) is 23.4 Å². The Labute approximate surface area is 132 Å². The minimum absolute atomic E-state index is 0.574. The molecular formula is C18H16OSSi. The molecule has 0 saturated carbocycles. The fraction of sp³-hybridized carbons (Fsp3) is 0. The summed E-state index contributed by atoms with van der Waals surface area (Å²) in [7, 11) is -0.574. The van der Waals surface area contributed by atoms with E-state index >= 15 is 0 Å². The van der Waals surface area contributed by atoms with E-state index in [2.05, 4.69) is 43.0 Å². The first kappa shape index (κ1) is 14.0. The molecule has 3 heteroatoms. The summed E-state index contributed by atoms with van der Waals surface area (Å²) >= 11 is 4.56. The molecule has 0 bridgehead atoms. The number of thiol groups is 1. The van der Waals surface area contributed by atoms with Gasteiger partial charge in [0.1, 0.15) is 11.5 Å². The number of ether oxygens (including phenoxy) is 1. The van der Waals surface area contributed by atoms with Gasteiger partial charge < -0.3 is 4.74 Å². The summed E-state index contributed by atoms with van der Waals surface area (Å²) in [4.78, 5) is 0.889. The van der Waals surface area contributed by atoms with Crippen LogP contribution in [0.15, 0.2) is 83.8 Å². The van der Waals surface area contributed by atoms with Crippen molar-refractivity contribution in [1.82, 2.24) is 0 Å². The maximum Gasteiger partial charge on any atom is 0.139 e. The van der Waals surface area contributed by atoms with E-state index in [1.54, 1.807) is 0 Å². The molecule has 0 saturated heterocycles. The summed E-state index contributed by atoms with van der Waals surface area (Å²) in [5.41, 5.74) is 0. The Kier molecular flexibility index (Phi) is 4.43. The van der Waals surface area contributed by atoms with E-state index in [1.165, 1.54) is 10.4 Å². The molecule has 0 radical (unpaired) electrons. The first-order chi connectivity index (χ1) is 10.3. The lowest BCUT2D eigenvalue weighted by molar-refractivity contribution is 0.475. The molecule has 1 nitrogen and oxygen atoms in total. The molecule has 0 aliphatic rings. The van der Waals surface area contributed by atoms with Crippen molar-refractivity contribution in [3.63, 3.8) is 0 Å². The molecule has 0 amide bonds. The van der Waals surface area contributed by atoms with E-state index in [-0.39, 0.29) is 0 Å². The van der Waals surface area contributed by atoms with E-state index < -0.39 is 9.52 Å². The molecule has 0 spiro atoms. The third-order valence-electron chi connectivity index (χ3n) is 3.28. The summed E-state index contributed by atoms with van der Waals surface area (Å²) in [6, 6.07) is 26.6. The zero-order chi connectivity index (χ0) is 14.5. The highest BCUT2D eigenvalue weighted by Crippen LogP contribution is 2.25. The molecule has 3 aromatic rings. The molecule has 104 valence electrons. The lowest BCUT2D eigenvalue weighted by Gasteiger charge is -2.13. The van der Waals surface area contributed by atoms with Gasteiger partial charge in [0.25, 0.3) is 0 Å². The third-order valence-corrected chi connectivity index (χ3v) is 5.45. The van der Waals surface area contributed by atoms with Crippen molar-refractivity contribution in [2.24, 2.45) is 0 Å². The predicted molar refractivity (Wildman–Crippen MR) is 94.5 cm³/mol. The summed E-state index contributed by atoms with van der Waals surface area (Å²) in [6.45, 7) is 0. The smallest absolute Gasteiger partial charge is 0.139 e. The van der Waals surface area contributed by atoms with Crippen LogP contribution in [0.2, 0.25) is 0 Å². The summed E-state index contributed by atoms with van der Waals surface area (Å²) in [5.74, 6) is 1.74. The van der Waals surface area contributed by atoms with Gasteiger partial charge in [-0.1, -0.05) is 65.9 Å². The molecular weight excluding hydrogens is 292 g/mol. The van der Waals surface area contributed by atoms with Crippen LogP contribution in [0.1, 0.15) is 0 Å². The van der Waals surface area contributed by atoms with Gasteiger partial charge in [-0.3, -0.25) is 0 Å². The van der Waals surface area contributed by atoms with Gasteiger partial charge in [0.2, 0.25) is 0 Å². The molecule has 0 aliphatic heterocycles. The Morgan fingerprint density at radius 2 is 1.38 bits per heavy atom. The summed E-state index contributed by atoms with van der Waals surface area (Å²) in [6.07, 6.45) is 0. The second-order valence-corrected chi connectivity index (χ2v) is 7.26. The largest absolute Gasteiger partial charge is 0.456 e. The molecule has 0 heterocycles. The standard InChI is InChI=1S/C18H16OSSi/c20-16-12-7-13-17(21-15-10-5-2-6-11-15)18(16)19-14-8-3-1-4-9-14/h1-13,20H,21H2. The Bertz CT molecular complexity index is 714. The fourth-order valence-electron chi connectivity index (χ4n) is 2.25. The highest BCUT2D eigenvalue weighted by atomic mass is 32.1. The minimum atomic E-state index is -0.574. The van der Waals surface area contributed by atoms with Crippen molar-refractivity contribution in [1.29, 1.82) is 0 Å². The Morgan fingerprint density at radius 1 is 0.714 bits per heavy atom. The highest BCUT2D eigenvalue weighted by Gasteiger charge is 2.09. The molecule has 0 aliphatic carbocycles. The Hall–Kier alpha value is -1.97. The molecule has 0 unspecified atom stereocenters. The predicted octanol–water partition coefficient (Wildman–Crippen LogP) is 2.89. The zero-order valence-corrected chi connectivity index (χ0v) is 13.9. The van der Waals surface area contributed by atoms with Crippen molar-refractivity contribution >= 4 is 32.5 Å². The number of benzene rings is 3. The third kappa shape index (κ3) is 3.57. The van der Waals surface area contributed by atoms with Crippen molar-refractivity contribution in [3.05, 3.63) is 78.9 Å². The normalized spacial score (nSPS) is 10.9. The second-order valence-electron chi connectivity index (χ2n) is 4.84. The van der Waals surface area contributed by atoms with E-state index in [0.29, 0.717) is 0 Å². The van der Waals surface area contributed by atoms with Crippen molar-refractivity contribution in [2.45, 2.75) is 4.90 Å². The van der Waals surface area contributed by atoms with Gasteiger partial charge >= 0.3 is 0 Å². The second kappa shape index (κ2) is 6.65. The van der Waals surface area contributed by atoms with Crippen molar-refractivity contribution < 1.29 is 4.74 Å². The van der Waals surface area contributed by atoms with Crippen LogP contribution in [0.4, 0.5) is 0 Å². The SMILES string of the molecule is Sc1cccc([SiH2]c2ccccc2)c1Oc1ccccc1. The number of para-hydroxylation sites is 2. The molecule has 0 fully saturated rings. The van der Waals surface area contributed by atoms with Crippen LogP contribution in [-0.2, 0) is 0 Å². The maximum atomic E-state index is 6.07. The average Bonchev–Trinajstić information content (AvgIpc) is 2.53.